The van der Waals surface area contributed by atoms with Crippen LogP contribution in [0, 0.1) is 0 Å². The summed E-state index contributed by atoms with van der Waals surface area (Å²) in [7, 11) is 0. The number of hydrogen-bond acceptors (Lipinski definition) is 2. The Morgan fingerprint density at radius 3 is 2.33 bits per heavy atom. The second-order valence-corrected chi connectivity index (χ2v) is 6.78. The minimum absolute atomic E-state index is 0.0516. The summed E-state index contributed by atoms with van der Waals surface area (Å²) in [5.74, 6) is 0. The first kappa shape index (κ1) is 15.8. The van der Waals surface area contributed by atoms with Crippen LogP contribution in [-0.2, 0) is 0 Å². The van der Waals surface area contributed by atoms with Crippen LogP contribution in [0.15, 0.2) is 83.7 Å². The normalized spacial score (nSPS) is 11.3. The fourth-order valence-corrected chi connectivity index (χ4v) is 3.87. The number of aromatic amines is 1. The Bertz CT molecular complexity index is 1380. The number of rotatable bonds is 2. The summed E-state index contributed by atoms with van der Waals surface area (Å²) in [5.41, 5.74) is 4.12. The molecule has 0 radical (unpaired) electrons. The molecule has 4 nitrogen and oxygen atoms in total. The van der Waals surface area contributed by atoms with Gasteiger partial charge in [-0.1, -0.05) is 60.7 Å². The maximum atomic E-state index is 13.2. The van der Waals surface area contributed by atoms with Gasteiger partial charge in [0.15, 0.2) is 0 Å². The monoisotopic (exact) mass is 369 g/mol. The molecule has 0 aliphatic rings. The zero-order valence-corrected chi connectivity index (χ0v) is 15.1. The van der Waals surface area contributed by atoms with Gasteiger partial charge >= 0.3 is 0 Å². The van der Waals surface area contributed by atoms with Gasteiger partial charge in [0.05, 0.1) is 16.6 Å². The highest BCUT2D eigenvalue weighted by atomic mass is 32.1. The third kappa shape index (κ3) is 2.44. The smallest absolute Gasteiger partial charge is 0.264 e. The molecule has 5 heteroatoms. The van der Waals surface area contributed by atoms with E-state index in [1.807, 2.05) is 78.9 Å². The second kappa shape index (κ2) is 6.07. The van der Waals surface area contributed by atoms with Crippen molar-refractivity contribution in [1.82, 2.24) is 9.38 Å². The zero-order valence-electron chi connectivity index (χ0n) is 14.3. The van der Waals surface area contributed by atoms with Crippen LogP contribution in [0.1, 0.15) is 5.56 Å². The molecule has 0 saturated carbocycles. The van der Waals surface area contributed by atoms with Gasteiger partial charge in [-0.2, -0.15) is 0 Å². The Hall–Kier alpha value is -3.44. The topological polar surface area (TPSA) is 49.3 Å². The van der Waals surface area contributed by atoms with Crippen LogP contribution >= 0.6 is 12.2 Å². The second-order valence-electron chi connectivity index (χ2n) is 6.37. The maximum Gasteiger partial charge on any atom is 0.264 e. The van der Waals surface area contributed by atoms with Crippen LogP contribution < -0.4 is 10.9 Å². The lowest BCUT2D eigenvalue weighted by Gasteiger charge is -2.12. The number of nitrogens with zero attached hydrogens (tertiary/aromatic N) is 1. The molecule has 0 saturated heterocycles. The Labute approximate surface area is 160 Å². The molecule has 2 aromatic heterocycles. The van der Waals surface area contributed by atoms with Gasteiger partial charge in [0, 0.05) is 16.5 Å². The molecular weight excluding hydrogens is 354 g/mol. The van der Waals surface area contributed by atoms with Crippen molar-refractivity contribution in [1.29, 1.82) is 0 Å². The number of benzene rings is 3. The van der Waals surface area contributed by atoms with Crippen molar-refractivity contribution in [3.05, 3.63) is 94.8 Å². The summed E-state index contributed by atoms with van der Waals surface area (Å²) in [4.78, 5) is 17.1. The molecule has 0 amide bonds. The lowest BCUT2D eigenvalue weighted by Crippen LogP contribution is -2.19. The first-order chi connectivity index (χ1) is 13.2. The molecule has 27 heavy (non-hydrogen) atoms. The molecule has 130 valence electrons. The van der Waals surface area contributed by atoms with Gasteiger partial charge < -0.3 is 10.3 Å². The average Bonchev–Trinajstić information content (AvgIpc) is 3.08. The van der Waals surface area contributed by atoms with Crippen LogP contribution in [0.3, 0.4) is 0 Å². The first-order valence-corrected chi connectivity index (χ1v) is 9.05. The van der Waals surface area contributed by atoms with E-state index in [4.69, 9.17) is 12.2 Å². The summed E-state index contributed by atoms with van der Waals surface area (Å²) in [6.45, 7) is 0. The number of nitrogens with one attached hydrogen (secondary N) is 2. The molecule has 5 rings (SSSR count). The quantitative estimate of drug-likeness (QED) is 0.443. The van der Waals surface area contributed by atoms with Gasteiger partial charge in [0.2, 0.25) is 0 Å². The predicted octanol–water partition coefficient (Wildman–Crippen LogP) is 4.72. The third-order valence-electron chi connectivity index (χ3n) is 4.75. The molecule has 0 atom stereocenters. The fraction of sp³-hybridized carbons (Fsp3) is 0. The SMILES string of the molecule is O=c1c2ccccc2c(C(=S)Nc2ccccc2)c2[nH]c3ccccc3n12. The van der Waals surface area contributed by atoms with E-state index in [-0.39, 0.29) is 5.56 Å². The highest BCUT2D eigenvalue weighted by Crippen LogP contribution is 2.25. The van der Waals surface area contributed by atoms with Crippen molar-refractivity contribution in [3.8, 4) is 0 Å². The molecular formula is C22H15N3OS. The van der Waals surface area contributed by atoms with Gasteiger partial charge in [0.1, 0.15) is 10.6 Å². The average molecular weight is 369 g/mol. The summed E-state index contributed by atoms with van der Waals surface area (Å²) in [5, 5.41) is 4.78. The summed E-state index contributed by atoms with van der Waals surface area (Å²) in [6.07, 6.45) is 0. The molecule has 0 bridgehead atoms. The number of H-pyrrole nitrogens is 1. The van der Waals surface area contributed by atoms with Crippen LogP contribution in [0.5, 0.6) is 0 Å². The van der Waals surface area contributed by atoms with Crippen molar-refractivity contribution < 1.29 is 0 Å². The first-order valence-electron chi connectivity index (χ1n) is 8.64. The van der Waals surface area contributed by atoms with E-state index in [0.29, 0.717) is 16.0 Å². The van der Waals surface area contributed by atoms with Crippen molar-refractivity contribution in [2.75, 3.05) is 5.32 Å². The number of imidazole rings is 1. The van der Waals surface area contributed by atoms with Crippen LogP contribution in [0.2, 0.25) is 0 Å². The number of fused-ring (bicyclic) bond motifs is 4. The molecule has 3 aromatic carbocycles. The predicted molar refractivity (Wildman–Crippen MR) is 115 cm³/mol. The lowest BCUT2D eigenvalue weighted by molar-refractivity contribution is 1.18. The van der Waals surface area contributed by atoms with Gasteiger partial charge in [-0.05, 0) is 30.3 Å². The van der Waals surface area contributed by atoms with Gasteiger partial charge in [-0.25, -0.2) is 0 Å². The molecule has 0 fully saturated rings. The molecule has 2 N–H and O–H groups in total. The van der Waals surface area contributed by atoms with E-state index < -0.39 is 0 Å². The standard InChI is InChI=1S/C22H15N3OS/c26-22-16-11-5-4-10-15(16)19(21(27)23-14-8-2-1-3-9-14)20-24-17-12-6-7-13-18(17)25(20)22/h1-13,24H,(H,23,27). The minimum atomic E-state index is -0.0516. The van der Waals surface area contributed by atoms with Gasteiger partial charge in [-0.3, -0.25) is 9.20 Å². The molecule has 0 aliphatic carbocycles. The number of thiocarbonyl (C=S) groups is 1. The molecule has 5 aromatic rings. The van der Waals surface area contributed by atoms with Crippen molar-refractivity contribution in [3.63, 3.8) is 0 Å². The van der Waals surface area contributed by atoms with E-state index in [1.54, 1.807) is 4.40 Å². The minimum Gasteiger partial charge on any atom is -0.346 e. The Kier molecular flexibility index (Phi) is 3.55. The van der Waals surface area contributed by atoms with Crippen molar-refractivity contribution >= 4 is 50.3 Å². The summed E-state index contributed by atoms with van der Waals surface area (Å²) >= 11 is 5.76. The number of anilines is 1. The zero-order chi connectivity index (χ0) is 18.4. The van der Waals surface area contributed by atoms with E-state index >= 15 is 0 Å². The fourth-order valence-electron chi connectivity index (χ4n) is 3.54. The van der Waals surface area contributed by atoms with Crippen molar-refractivity contribution in [2.45, 2.75) is 0 Å². The Balaban J connectivity index is 1.87. The number of hydrogen-bond donors (Lipinski definition) is 2. The summed E-state index contributed by atoms with van der Waals surface area (Å²) < 4.78 is 1.71. The van der Waals surface area contributed by atoms with Gasteiger partial charge in [0.25, 0.3) is 5.56 Å². The van der Waals surface area contributed by atoms with Gasteiger partial charge in [-0.15, -0.1) is 0 Å². The Morgan fingerprint density at radius 2 is 1.52 bits per heavy atom. The van der Waals surface area contributed by atoms with Crippen LogP contribution in [-0.4, -0.2) is 14.4 Å². The molecule has 0 aliphatic heterocycles. The van der Waals surface area contributed by atoms with Crippen LogP contribution in [0.4, 0.5) is 5.69 Å². The molecule has 0 spiro atoms. The summed E-state index contributed by atoms with van der Waals surface area (Å²) in [6, 6.07) is 25.2. The number of para-hydroxylation sites is 3. The lowest BCUT2D eigenvalue weighted by atomic mass is 10.1. The third-order valence-corrected chi connectivity index (χ3v) is 5.05. The van der Waals surface area contributed by atoms with E-state index in [9.17, 15) is 4.79 Å². The highest BCUT2D eigenvalue weighted by Gasteiger charge is 2.18. The highest BCUT2D eigenvalue weighted by molar-refractivity contribution is 7.81. The van der Waals surface area contributed by atoms with E-state index in [0.717, 1.165) is 27.7 Å². The number of pyridine rings is 1. The molecule has 2 heterocycles. The van der Waals surface area contributed by atoms with E-state index in [2.05, 4.69) is 10.3 Å². The van der Waals surface area contributed by atoms with Crippen LogP contribution in [0.25, 0.3) is 27.5 Å². The molecule has 0 unspecified atom stereocenters. The largest absolute Gasteiger partial charge is 0.346 e. The van der Waals surface area contributed by atoms with E-state index in [1.165, 1.54) is 0 Å². The Morgan fingerprint density at radius 1 is 0.852 bits per heavy atom. The maximum absolute atomic E-state index is 13.2. The van der Waals surface area contributed by atoms with Crippen molar-refractivity contribution in [2.24, 2.45) is 0 Å². The number of aromatic nitrogens is 2.